The molecule has 2 aliphatic rings. The highest BCUT2D eigenvalue weighted by Gasteiger charge is 2.39. The smallest absolute Gasteiger partial charge is 0.323 e. The van der Waals surface area contributed by atoms with Crippen LogP contribution in [0.25, 0.3) is 0 Å². The van der Waals surface area contributed by atoms with Gasteiger partial charge in [-0.25, -0.2) is 4.79 Å². The number of nitrogens with zero attached hydrogens (tertiary/aromatic N) is 1. The first kappa shape index (κ1) is 23.6. The Morgan fingerprint density at radius 1 is 1.09 bits per heavy atom. The Bertz CT molecular complexity index is 1070. The van der Waals surface area contributed by atoms with Crippen LogP contribution in [0.3, 0.4) is 0 Å². The molecule has 1 fully saturated rings. The Morgan fingerprint density at radius 3 is 2.53 bits per heavy atom. The van der Waals surface area contributed by atoms with E-state index in [-0.39, 0.29) is 43.2 Å². The van der Waals surface area contributed by atoms with Crippen molar-refractivity contribution in [2.45, 2.75) is 44.4 Å². The highest BCUT2D eigenvalue weighted by atomic mass is 16.5. The van der Waals surface area contributed by atoms with E-state index < -0.39 is 6.03 Å². The van der Waals surface area contributed by atoms with Crippen LogP contribution in [0.4, 0.5) is 16.2 Å². The van der Waals surface area contributed by atoms with Crippen LogP contribution >= 0.6 is 0 Å². The van der Waals surface area contributed by atoms with Gasteiger partial charge in [0.15, 0.2) is 0 Å². The highest BCUT2D eigenvalue weighted by molar-refractivity contribution is 6.02. The van der Waals surface area contributed by atoms with E-state index in [1.54, 1.807) is 30.1 Å². The molecule has 0 radical (unpaired) electrons. The summed E-state index contributed by atoms with van der Waals surface area (Å²) in [5.74, 6) is -0.128. The lowest BCUT2D eigenvalue weighted by atomic mass is 9.94. The van der Waals surface area contributed by atoms with Crippen molar-refractivity contribution < 1.29 is 28.6 Å². The van der Waals surface area contributed by atoms with Crippen molar-refractivity contribution in [2.75, 3.05) is 31.4 Å². The molecule has 3 atom stereocenters. The number of methoxy groups -OCH3 is 1. The van der Waals surface area contributed by atoms with Gasteiger partial charge >= 0.3 is 12.0 Å². The largest absolute Gasteiger partial charge is 0.490 e. The number of amides is 3. The number of urea groups is 1. The molecule has 0 spiro atoms. The molecule has 2 aromatic carbocycles. The van der Waals surface area contributed by atoms with E-state index in [0.717, 1.165) is 5.56 Å². The number of hydrogen-bond acceptors (Lipinski definition) is 6. The normalized spacial score (nSPS) is 21.8. The number of hydrogen-bond donors (Lipinski definition) is 2. The predicted octanol–water partition coefficient (Wildman–Crippen LogP) is 3.58. The first-order chi connectivity index (χ1) is 16.3. The average Bonchev–Trinajstić information content (AvgIpc) is 2.83. The molecule has 0 aromatic heterocycles. The topological polar surface area (TPSA) is 106 Å². The van der Waals surface area contributed by atoms with E-state index in [2.05, 4.69) is 10.6 Å². The zero-order valence-electron chi connectivity index (χ0n) is 19.5. The number of anilines is 2. The minimum Gasteiger partial charge on any atom is -0.490 e. The van der Waals surface area contributed by atoms with Gasteiger partial charge in [0.1, 0.15) is 18.5 Å². The first-order valence-corrected chi connectivity index (χ1v) is 11.2. The maximum atomic E-state index is 13.3. The summed E-state index contributed by atoms with van der Waals surface area (Å²) in [4.78, 5) is 39.0. The molecule has 9 nitrogen and oxygen atoms in total. The number of nitrogens with one attached hydrogen (secondary N) is 2. The van der Waals surface area contributed by atoms with Gasteiger partial charge < -0.3 is 29.7 Å². The zero-order chi connectivity index (χ0) is 24.2. The van der Waals surface area contributed by atoms with Crippen LogP contribution in [0.1, 0.15) is 35.2 Å². The van der Waals surface area contributed by atoms with Gasteiger partial charge in [-0.1, -0.05) is 17.7 Å². The highest BCUT2D eigenvalue weighted by Crippen LogP contribution is 2.32. The second kappa shape index (κ2) is 10.1. The maximum Gasteiger partial charge on any atom is 0.323 e. The number of ether oxygens (including phenoxy) is 3. The van der Waals surface area contributed by atoms with Crippen molar-refractivity contribution in [2.24, 2.45) is 0 Å². The predicted molar refractivity (Wildman–Crippen MR) is 126 cm³/mol. The van der Waals surface area contributed by atoms with E-state index in [4.69, 9.17) is 14.2 Å². The van der Waals surface area contributed by atoms with Crippen LogP contribution in [0.2, 0.25) is 0 Å². The average molecular weight is 468 g/mol. The third-order valence-electron chi connectivity index (χ3n) is 6.20. The number of carbonyl (C=O) groups is 3. The van der Waals surface area contributed by atoms with Gasteiger partial charge in [-0.3, -0.25) is 9.59 Å². The van der Waals surface area contributed by atoms with Crippen LogP contribution in [0, 0.1) is 6.92 Å². The van der Waals surface area contributed by atoms with Crippen molar-refractivity contribution >= 4 is 29.3 Å². The number of fused-ring (bicyclic) bond motifs is 2. The summed E-state index contributed by atoms with van der Waals surface area (Å²) >= 11 is 0. The molecule has 2 N–H and O–H groups in total. The molecule has 9 heteroatoms. The minimum absolute atomic E-state index is 0.174. The lowest BCUT2D eigenvalue weighted by Gasteiger charge is -2.42. The van der Waals surface area contributed by atoms with Gasteiger partial charge in [0, 0.05) is 18.4 Å². The molecule has 2 aromatic rings. The number of rotatable bonds is 4. The van der Waals surface area contributed by atoms with E-state index in [9.17, 15) is 14.4 Å². The summed E-state index contributed by atoms with van der Waals surface area (Å²) in [6.07, 6.45) is 0.876. The lowest BCUT2D eigenvalue weighted by Crippen LogP contribution is -2.53. The van der Waals surface area contributed by atoms with Gasteiger partial charge in [0.2, 0.25) is 0 Å². The number of esters is 1. The van der Waals surface area contributed by atoms with Gasteiger partial charge in [-0.15, -0.1) is 0 Å². The summed E-state index contributed by atoms with van der Waals surface area (Å²) in [5.41, 5.74) is 2.61. The summed E-state index contributed by atoms with van der Waals surface area (Å²) < 4.78 is 16.8. The number of likely N-dealkylation sites (N-methyl/N-ethyl adjacent to an activating group) is 1. The maximum absolute atomic E-state index is 13.3. The van der Waals surface area contributed by atoms with Crippen LogP contribution in [0.15, 0.2) is 42.5 Å². The summed E-state index contributed by atoms with van der Waals surface area (Å²) in [6.45, 7) is 2.22. The van der Waals surface area contributed by atoms with Crippen molar-refractivity contribution in [3.63, 3.8) is 0 Å². The van der Waals surface area contributed by atoms with Crippen LogP contribution in [-0.2, 0) is 14.3 Å². The lowest BCUT2D eigenvalue weighted by molar-refractivity contribution is -0.151. The standard InChI is InChI=1S/C25H29N3O6/c1-15-4-6-16(7-5-15)26-25(31)27-17-8-11-21-19(12-17)24(30)28(2)20-10-9-18(13-23(29)32-3)34-22(20)14-33-21/h4-8,11-12,18,20,22H,9-10,13-14H2,1-3H3,(H2,26,27,31)/t18-,20+,22+/m0/s1. The third-order valence-corrected chi connectivity index (χ3v) is 6.20. The summed E-state index contributed by atoms with van der Waals surface area (Å²) in [5, 5.41) is 5.54. The first-order valence-electron chi connectivity index (χ1n) is 11.2. The van der Waals surface area contributed by atoms with Crippen molar-refractivity contribution in [3.05, 3.63) is 53.6 Å². The van der Waals surface area contributed by atoms with E-state index in [1.165, 1.54) is 7.11 Å². The van der Waals surface area contributed by atoms with Crippen molar-refractivity contribution in [1.29, 1.82) is 0 Å². The van der Waals surface area contributed by atoms with Crippen molar-refractivity contribution in [3.8, 4) is 5.75 Å². The molecule has 3 amide bonds. The second-order valence-corrected chi connectivity index (χ2v) is 8.60. The Kier molecular flexibility index (Phi) is 7.02. The monoisotopic (exact) mass is 467 g/mol. The molecular weight excluding hydrogens is 438 g/mol. The SMILES string of the molecule is COC(=O)C[C@@H]1CC[C@@H]2[C@@H](COc3ccc(NC(=O)Nc4ccc(C)cc4)cc3C(=O)N2C)O1. The zero-order valence-corrected chi connectivity index (χ0v) is 19.5. The van der Waals surface area contributed by atoms with E-state index in [0.29, 0.717) is 35.5 Å². The van der Waals surface area contributed by atoms with Crippen LogP contribution in [0.5, 0.6) is 5.75 Å². The molecule has 180 valence electrons. The van der Waals surface area contributed by atoms with E-state index in [1.807, 2.05) is 31.2 Å². The van der Waals surface area contributed by atoms with Gasteiger partial charge in [0.05, 0.1) is 31.2 Å². The Labute approximate surface area is 198 Å². The Hall–Kier alpha value is -3.59. The number of benzene rings is 2. The van der Waals surface area contributed by atoms with Crippen LogP contribution in [-0.4, -0.2) is 61.8 Å². The minimum atomic E-state index is -0.409. The molecule has 1 saturated heterocycles. The molecular formula is C25H29N3O6. The fraction of sp³-hybridized carbons (Fsp3) is 0.400. The number of aryl methyl sites for hydroxylation is 1. The summed E-state index contributed by atoms with van der Waals surface area (Å²) in [6, 6.07) is 11.8. The fourth-order valence-corrected chi connectivity index (χ4v) is 4.30. The Balaban J connectivity index is 1.46. The van der Waals surface area contributed by atoms with Gasteiger partial charge in [-0.05, 0) is 50.1 Å². The van der Waals surface area contributed by atoms with Crippen LogP contribution < -0.4 is 15.4 Å². The van der Waals surface area contributed by atoms with E-state index >= 15 is 0 Å². The molecule has 0 aliphatic carbocycles. The number of carbonyl (C=O) groups excluding carboxylic acids is 3. The van der Waals surface area contributed by atoms with Gasteiger partial charge in [-0.2, -0.15) is 0 Å². The Morgan fingerprint density at radius 2 is 1.79 bits per heavy atom. The quantitative estimate of drug-likeness (QED) is 0.666. The summed E-state index contributed by atoms with van der Waals surface area (Å²) in [7, 11) is 3.09. The molecule has 34 heavy (non-hydrogen) atoms. The molecule has 4 rings (SSSR count). The molecule has 0 bridgehead atoms. The molecule has 2 heterocycles. The molecule has 0 saturated carbocycles. The second-order valence-electron chi connectivity index (χ2n) is 8.60. The molecule has 2 aliphatic heterocycles. The van der Waals surface area contributed by atoms with Crippen molar-refractivity contribution in [1.82, 2.24) is 4.90 Å². The van der Waals surface area contributed by atoms with Gasteiger partial charge in [0.25, 0.3) is 5.91 Å². The fourth-order valence-electron chi connectivity index (χ4n) is 4.30. The third kappa shape index (κ3) is 5.31. The molecule has 0 unspecified atom stereocenters.